The zero-order chi connectivity index (χ0) is 49.6. The van der Waals surface area contributed by atoms with E-state index in [1.165, 1.54) is 35.0 Å². The number of aromatic nitrogens is 6. The Morgan fingerprint density at radius 1 is 0.464 bits per heavy atom. The summed E-state index contributed by atoms with van der Waals surface area (Å²) in [7, 11) is 0. The molecule has 0 aromatic carbocycles. The average Bonchev–Trinajstić information content (AvgIpc) is 4.01. The van der Waals surface area contributed by atoms with Gasteiger partial charge in [-0.25, -0.2) is 9.36 Å². The number of hydrogen-bond donors (Lipinski definition) is 6. The summed E-state index contributed by atoms with van der Waals surface area (Å²) in [4.78, 5) is 0. The Balaban J connectivity index is 1.29. The lowest BCUT2D eigenvalue weighted by atomic mass is 9.97. The Kier molecular flexibility index (Phi) is 30.0. The molecule has 21 heteroatoms. The smallest absolute Gasteiger partial charge is 0.189 e. The molecule has 69 heavy (non-hydrogen) atoms. The maximum atomic E-state index is 10.9. The molecule has 0 aliphatic carbocycles. The summed E-state index contributed by atoms with van der Waals surface area (Å²) in [5.41, 5.74) is 0.989. The van der Waals surface area contributed by atoms with Crippen LogP contribution in [0.5, 0.6) is 0 Å². The van der Waals surface area contributed by atoms with Crippen LogP contribution in [0.15, 0.2) is 12.4 Å². The maximum Gasteiger partial charge on any atom is 0.189 e. The topological polar surface area (TPSA) is 266 Å². The fraction of sp³-hybridized carbons (Fsp3) is 0.917. The predicted molar refractivity (Wildman–Crippen MR) is 251 cm³/mol. The lowest BCUT2D eigenvalue weighted by Crippen LogP contribution is -2.63. The first-order chi connectivity index (χ1) is 33.6. The van der Waals surface area contributed by atoms with Gasteiger partial charge in [0, 0.05) is 26.4 Å². The summed E-state index contributed by atoms with van der Waals surface area (Å²) >= 11 is 0. The van der Waals surface area contributed by atoms with Gasteiger partial charge in [-0.05, 0) is 25.7 Å². The average molecular weight is 989 g/mol. The molecule has 21 nitrogen and oxygen atoms in total. The Hall–Kier alpha value is -2.32. The van der Waals surface area contributed by atoms with Gasteiger partial charge in [0.05, 0.1) is 65.1 Å². The van der Waals surface area contributed by atoms with Crippen LogP contribution in [0.1, 0.15) is 142 Å². The highest BCUT2D eigenvalue weighted by molar-refractivity contribution is 4.96. The zero-order valence-corrected chi connectivity index (χ0v) is 41.9. The van der Waals surface area contributed by atoms with E-state index >= 15 is 0 Å². The molecular weight excluding hydrogens is 901 g/mol. The summed E-state index contributed by atoms with van der Waals surface area (Å²) in [5.74, 6) is 0. The van der Waals surface area contributed by atoms with Gasteiger partial charge in [-0.3, -0.25) is 0 Å². The Morgan fingerprint density at radius 3 is 1.12 bits per heavy atom. The maximum absolute atomic E-state index is 10.9. The lowest BCUT2D eigenvalue weighted by Gasteiger charge is -2.45. The van der Waals surface area contributed by atoms with Crippen molar-refractivity contribution in [2.24, 2.45) is 0 Å². The lowest BCUT2D eigenvalue weighted by molar-refractivity contribution is -0.375. The molecule has 6 N–H and O–H groups in total. The highest BCUT2D eigenvalue weighted by atomic mass is 16.8. The van der Waals surface area contributed by atoms with Crippen molar-refractivity contribution >= 4 is 0 Å². The molecule has 10 atom stereocenters. The van der Waals surface area contributed by atoms with E-state index in [9.17, 15) is 30.6 Å². The number of nitrogens with zero attached hydrogens (tertiary/aromatic N) is 6. The molecule has 2 aliphatic rings. The van der Waals surface area contributed by atoms with Crippen molar-refractivity contribution in [1.29, 1.82) is 0 Å². The van der Waals surface area contributed by atoms with Gasteiger partial charge in [0.15, 0.2) is 12.6 Å². The van der Waals surface area contributed by atoms with E-state index < -0.39 is 61.4 Å². The van der Waals surface area contributed by atoms with Gasteiger partial charge in [-0.15, -0.1) is 10.2 Å². The van der Waals surface area contributed by atoms with Gasteiger partial charge in [0.1, 0.15) is 72.4 Å². The molecule has 2 aromatic heterocycles. The highest BCUT2D eigenvalue weighted by Gasteiger charge is 2.50. The van der Waals surface area contributed by atoms with Gasteiger partial charge < -0.3 is 73.3 Å². The third-order valence-corrected chi connectivity index (χ3v) is 12.2. The largest absolute Gasteiger partial charge is 0.388 e. The van der Waals surface area contributed by atoms with Gasteiger partial charge in [0.2, 0.25) is 0 Å². The summed E-state index contributed by atoms with van der Waals surface area (Å²) < 4.78 is 56.5. The molecule has 2 aromatic rings. The molecule has 2 aliphatic heterocycles. The highest BCUT2D eigenvalue weighted by Crippen LogP contribution is 2.29. The van der Waals surface area contributed by atoms with E-state index in [0.29, 0.717) is 64.2 Å². The fourth-order valence-corrected chi connectivity index (χ4v) is 7.93. The molecule has 4 heterocycles. The standard InChI is InChI=1S/C48H88N6O15/c1-5-9-13-17-21-61-31-37(32-62-22-18-14-10-6-2)65-29-35-25-53(51-49-35)27-39-41(55)43(57)45(59)47(67-39)69-48-46(60)44(58)42(56)40(68-48)28-54-26-36(50-52-54)30-66-38(33-63-23-19-15-11-7-3)34-64-24-20-16-12-8-4/h25-26,37-48,55-60H,5-24,27-34H2,1-4H3/t39?,40?,41-,42-,43?,44?,45?,46?,47-,48-/m1/s1. The molecule has 0 amide bonds. The molecule has 6 unspecified atom stereocenters. The normalized spacial score (nSPS) is 25.4. The minimum absolute atomic E-state index is 0.113. The van der Waals surface area contributed by atoms with E-state index in [1.807, 2.05) is 0 Å². The van der Waals surface area contributed by atoms with E-state index in [1.54, 1.807) is 12.4 Å². The molecule has 0 spiro atoms. The summed E-state index contributed by atoms with van der Waals surface area (Å²) in [6.45, 7) is 12.7. The monoisotopic (exact) mass is 989 g/mol. The Bertz CT molecular complexity index is 1420. The van der Waals surface area contributed by atoms with Crippen LogP contribution in [0.3, 0.4) is 0 Å². The summed E-state index contributed by atoms with van der Waals surface area (Å²) in [6, 6.07) is 0. The van der Waals surface area contributed by atoms with E-state index in [2.05, 4.69) is 48.3 Å². The van der Waals surface area contributed by atoms with Crippen LogP contribution in [0, 0.1) is 0 Å². The Morgan fingerprint density at radius 2 is 0.797 bits per heavy atom. The van der Waals surface area contributed by atoms with Crippen molar-refractivity contribution in [3.63, 3.8) is 0 Å². The van der Waals surface area contributed by atoms with Crippen LogP contribution < -0.4 is 0 Å². The number of aliphatic hydroxyl groups excluding tert-OH is 6. The predicted octanol–water partition coefficient (Wildman–Crippen LogP) is 3.36. The molecule has 0 saturated carbocycles. The van der Waals surface area contributed by atoms with Gasteiger partial charge in [-0.2, -0.15) is 0 Å². The van der Waals surface area contributed by atoms with Crippen LogP contribution >= 0.6 is 0 Å². The van der Waals surface area contributed by atoms with E-state index in [4.69, 9.17) is 42.6 Å². The van der Waals surface area contributed by atoms with Gasteiger partial charge >= 0.3 is 0 Å². The quantitative estimate of drug-likeness (QED) is 0.0523. The second-order valence-corrected chi connectivity index (χ2v) is 18.4. The zero-order valence-electron chi connectivity index (χ0n) is 41.9. The third kappa shape index (κ3) is 22.1. The van der Waals surface area contributed by atoms with Crippen LogP contribution in [-0.4, -0.2) is 187 Å². The first kappa shape index (κ1) is 59.2. The van der Waals surface area contributed by atoms with Crippen LogP contribution in [0.4, 0.5) is 0 Å². The van der Waals surface area contributed by atoms with Crippen molar-refractivity contribution < 1.29 is 73.3 Å². The molecule has 0 bridgehead atoms. The molecule has 2 fully saturated rings. The number of hydrogen-bond acceptors (Lipinski definition) is 19. The minimum Gasteiger partial charge on any atom is -0.388 e. The van der Waals surface area contributed by atoms with Crippen molar-refractivity contribution in [1.82, 2.24) is 30.0 Å². The molecule has 400 valence electrons. The fourth-order valence-electron chi connectivity index (χ4n) is 7.93. The molecule has 2 saturated heterocycles. The van der Waals surface area contributed by atoms with Crippen molar-refractivity contribution in [3.8, 4) is 0 Å². The van der Waals surface area contributed by atoms with Crippen molar-refractivity contribution in [2.75, 3.05) is 52.9 Å². The second kappa shape index (κ2) is 34.9. The SMILES string of the molecule is CCCCCCOCC(COCCCCCC)OCc1cn(CC2O[C@H](O[C@H]3OC(Cn4cc(COC(COCCCCCC)COCCCCCC)nn4)[C@@H](O)C(O)C3O)C(O)C(O)[C@@H]2O)nn1. The van der Waals surface area contributed by atoms with Crippen LogP contribution in [0.2, 0.25) is 0 Å². The number of rotatable bonds is 40. The second-order valence-electron chi connectivity index (χ2n) is 18.4. The van der Waals surface area contributed by atoms with E-state index in [-0.39, 0.29) is 38.5 Å². The Labute approximate surface area is 409 Å². The first-order valence-electron chi connectivity index (χ1n) is 25.9. The number of unbranched alkanes of at least 4 members (excludes halogenated alkanes) is 12. The number of aliphatic hydroxyl groups is 6. The van der Waals surface area contributed by atoms with Crippen molar-refractivity contribution in [2.45, 2.75) is 230 Å². The minimum atomic E-state index is -1.78. The molecule has 4 rings (SSSR count). The third-order valence-electron chi connectivity index (χ3n) is 12.2. The van der Waals surface area contributed by atoms with Crippen molar-refractivity contribution in [3.05, 3.63) is 23.8 Å². The molecular formula is C48H88N6O15. The first-order valence-corrected chi connectivity index (χ1v) is 25.9. The van der Waals surface area contributed by atoms with Gasteiger partial charge in [0.25, 0.3) is 0 Å². The summed E-state index contributed by atoms with van der Waals surface area (Å²) in [5, 5.41) is 82.2. The molecule has 0 radical (unpaired) electrons. The van der Waals surface area contributed by atoms with E-state index in [0.717, 1.165) is 77.0 Å². The summed E-state index contributed by atoms with van der Waals surface area (Å²) in [6.07, 6.45) is 4.44. The van der Waals surface area contributed by atoms with Crippen LogP contribution in [0.25, 0.3) is 0 Å². The van der Waals surface area contributed by atoms with Crippen LogP contribution in [-0.2, 0) is 68.9 Å². The van der Waals surface area contributed by atoms with Gasteiger partial charge in [-0.1, -0.05) is 115 Å². The number of ether oxygens (including phenoxy) is 9.